The molecule has 4 rings (SSSR count). The zero-order chi connectivity index (χ0) is 20.8. The molecule has 0 spiro atoms. The van der Waals surface area contributed by atoms with Gasteiger partial charge in [-0.3, -0.25) is 4.79 Å². The van der Waals surface area contributed by atoms with Crippen molar-refractivity contribution in [3.05, 3.63) is 84.1 Å². The van der Waals surface area contributed by atoms with Crippen LogP contribution in [0.1, 0.15) is 5.69 Å². The third kappa shape index (κ3) is 5.12. The quantitative estimate of drug-likeness (QED) is 0.399. The number of nitrogens with zero attached hydrogens (tertiary/aromatic N) is 1. The number of anilines is 3. The maximum atomic E-state index is 12.3. The summed E-state index contributed by atoms with van der Waals surface area (Å²) in [4.78, 5) is 28.7. The first-order valence-electron chi connectivity index (χ1n) is 9.17. The molecule has 0 aliphatic carbocycles. The van der Waals surface area contributed by atoms with Crippen LogP contribution in [0.4, 0.5) is 21.9 Å². The number of hydrogen-bond donors (Lipinski definition) is 3. The number of nitrogens with one attached hydrogen (secondary N) is 3. The summed E-state index contributed by atoms with van der Waals surface area (Å²) in [5.74, 6) is 0.514. The fourth-order valence-corrected chi connectivity index (χ4v) is 3.51. The molecule has 0 atom stereocenters. The van der Waals surface area contributed by atoms with Gasteiger partial charge in [0.2, 0.25) is 5.91 Å². The summed E-state index contributed by atoms with van der Waals surface area (Å²) in [6.45, 7) is 0. The monoisotopic (exact) mass is 418 g/mol. The topological polar surface area (TPSA) is 96.3 Å². The minimum Gasteiger partial charge on any atom is -0.462 e. The van der Waals surface area contributed by atoms with Gasteiger partial charge in [0.15, 0.2) is 10.8 Å². The van der Waals surface area contributed by atoms with E-state index in [9.17, 15) is 9.59 Å². The number of urea groups is 1. The highest BCUT2D eigenvalue weighted by Gasteiger charge is 2.11. The Labute approximate surface area is 176 Å². The van der Waals surface area contributed by atoms with Gasteiger partial charge in [0.25, 0.3) is 0 Å². The summed E-state index contributed by atoms with van der Waals surface area (Å²) in [7, 11) is 0. The Kier molecular flexibility index (Phi) is 5.86. The number of hydrogen-bond acceptors (Lipinski definition) is 5. The van der Waals surface area contributed by atoms with Crippen LogP contribution < -0.4 is 16.0 Å². The predicted octanol–water partition coefficient (Wildman–Crippen LogP) is 5.23. The molecule has 3 amide bonds. The van der Waals surface area contributed by atoms with Crippen molar-refractivity contribution < 1.29 is 14.0 Å². The molecule has 0 unspecified atom stereocenters. The number of para-hydroxylation sites is 1. The van der Waals surface area contributed by atoms with Gasteiger partial charge in [0.1, 0.15) is 0 Å². The van der Waals surface area contributed by atoms with E-state index >= 15 is 0 Å². The van der Waals surface area contributed by atoms with Crippen molar-refractivity contribution in [3.8, 4) is 10.8 Å². The molecular weight excluding hydrogens is 400 g/mol. The van der Waals surface area contributed by atoms with Crippen molar-refractivity contribution in [3.63, 3.8) is 0 Å². The zero-order valence-corrected chi connectivity index (χ0v) is 16.6. The number of aromatic nitrogens is 1. The Balaban J connectivity index is 1.29. The average Bonchev–Trinajstić information content (AvgIpc) is 3.42. The highest BCUT2D eigenvalue weighted by atomic mass is 32.1. The van der Waals surface area contributed by atoms with E-state index < -0.39 is 0 Å². The van der Waals surface area contributed by atoms with Gasteiger partial charge in [-0.15, -0.1) is 11.3 Å². The van der Waals surface area contributed by atoms with Crippen LogP contribution in [0.2, 0.25) is 0 Å². The fourth-order valence-electron chi connectivity index (χ4n) is 2.72. The van der Waals surface area contributed by atoms with E-state index in [4.69, 9.17) is 4.42 Å². The second kappa shape index (κ2) is 9.06. The van der Waals surface area contributed by atoms with Crippen LogP contribution in [0.15, 0.2) is 82.8 Å². The molecule has 2 aromatic carbocycles. The molecule has 0 aliphatic rings. The molecule has 7 nitrogen and oxygen atoms in total. The zero-order valence-electron chi connectivity index (χ0n) is 15.8. The number of thiazole rings is 1. The summed E-state index contributed by atoms with van der Waals surface area (Å²) < 4.78 is 5.32. The summed E-state index contributed by atoms with van der Waals surface area (Å²) in [5, 5.41) is 10.9. The van der Waals surface area contributed by atoms with Crippen LogP contribution in [-0.2, 0) is 11.2 Å². The van der Waals surface area contributed by atoms with E-state index in [-0.39, 0.29) is 18.4 Å². The van der Waals surface area contributed by atoms with Gasteiger partial charge in [-0.25, -0.2) is 9.78 Å². The van der Waals surface area contributed by atoms with Crippen molar-refractivity contribution >= 4 is 40.3 Å². The van der Waals surface area contributed by atoms with Gasteiger partial charge in [-0.05, 0) is 48.5 Å². The van der Waals surface area contributed by atoms with Crippen LogP contribution in [0.3, 0.4) is 0 Å². The predicted molar refractivity (Wildman–Crippen MR) is 118 cm³/mol. The number of rotatable bonds is 6. The maximum Gasteiger partial charge on any atom is 0.323 e. The van der Waals surface area contributed by atoms with Crippen molar-refractivity contribution in [1.29, 1.82) is 0 Å². The van der Waals surface area contributed by atoms with Gasteiger partial charge >= 0.3 is 6.03 Å². The van der Waals surface area contributed by atoms with Gasteiger partial charge in [-0.2, -0.15) is 0 Å². The van der Waals surface area contributed by atoms with E-state index in [2.05, 4.69) is 20.9 Å². The summed E-state index contributed by atoms with van der Waals surface area (Å²) in [6, 6.07) is 19.4. The molecule has 0 aliphatic heterocycles. The number of amides is 3. The van der Waals surface area contributed by atoms with Crippen molar-refractivity contribution in [2.75, 3.05) is 16.0 Å². The number of furan rings is 1. The first-order chi connectivity index (χ1) is 14.7. The highest BCUT2D eigenvalue weighted by Crippen LogP contribution is 2.24. The lowest BCUT2D eigenvalue weighted by Crippen LogP contribution is -2.19. The smallest absolute Gasteiger partial charge is 0.323 e. The molecule has 4 aromatic rings. The van der Waals surface area contributed by atoms with Gasteiger partial charge in [-0.1, -0.05) is 18.2 Å². The summed E-state index contributed by atoms with van der Waals surface area (Å²) in [5.41, 5.74) is 2.63. The van der Waals surface area contributed by atoms with Crippen LogP contribution in [0.5, 0.6) is 0 Å². The molecule has 0 saturated heterocycles. The minimum absolute atomic E-state index is 0.163. The Bertz CT molecular complexity index is 1120. The Morgan fingerprint density at radius 3 is 2.17 bits per heavy atom. The Morgan fingerprint density at radius 2 is 1.50 bits per heavy atom. The third-order valence-electron chi connectivity index (χ3n) is 4.08. The molecular formula is C22H18N4O3S. The van der Waals surface area contributed by atoms with Gasteiger partial charge in [0, 0.05) is 22.4 Å². The number of benzene rings is 2. The molecule has 0 saturated carbocycles. The largest absolute Gasteiger partial charge is 0.462 e. The number of carbonyl (C=O) groups is 2. The van der Waals surface area contributed by atoms with Crippen LogP contribution in [-0.4, -0.2) is 16.9 Å². The lowest BCUT2D eigenvalue weighted by atomic mass is 10.2. The summed E-state index contributed by atoms with van der Waals surface area (Å²) >= 11 is 1.43. The van der Waals surface area contributed by atoms with E-state index in [0.717, 1.165) is 5.01 Å². The molecule has 0 bridgehead atoms. The number of carbonyl (C=O) groups excluding carboxylic acids is 2. The van der Waals surface area contributed by atoms with Crippen LogP contribution in [0, 0.1) is 0 Å². The molecule has 30 heavy (non-hydrogen) atoms. The molecule has 2 heterocycles. The van der Waals surface area contributed by atoms with E-state index in [1.165, 1.54) is 11.3 Å². The van der Waals surface area contributed by atoms with Crippen molar-refractivity contribution in [2.45, 2.75) is 6.42 Å². The first-order valence-corrected chi connectivity index (χ1v) is 10.0. The first kappa shape index (κ1) is 19.4. The molecule has 150 valence electrons. The second-order valence-electron chi connectivity index (χ2n) is 6.37. The Hall–Kier alpha value is -3.91. The fraction of sp³-hybridized carbons (Fsp3) is 0.0455. The van der Waals surface area contributed by atoms with E-state index in [1.54, 1.807) is 48.7 Å². The maximum absolute atomic E-state index is 12.3. The molecule has 8 heteroatoms. The van der Waals surface area contributed by atoms with Crippen LogP contribution >= 0.6 is 11.3 Å². The van der Waals surface area contributed by atoms with E-state index in [0.29, 0.717) is 28.5 Å². The Morgan fingerprint density at radius 1 is 0.833 bits per heavy atom. The SMILES string of the molecule is O=C(Cc1csc(-c2ccco2)n1)Nc1ccc(NC(=O)Nc2ccccc2)cc1. The third-order valence-corrected chi connectivity index (χ3v) is 4.99. The van der Waals surface area contributed by atoms with Gasteiger partial charge in [0.05, 0.1) is 18.4 Å². The van der Waals surface area contributed by atoms with Crippen LogP contribution in [0.25, 0.3) is 10.8 Å². The molecule has 3 N–H and O–H groups in total. The van der Waals surface area contributed by atoms with Crippen molar-refractivity contribution in [1.82, 2.24) is 4.98 Å². The summed E-state index contributed by atoms with van der Waals surface area (Å²) in [6.07, 6.45) is 1.75. The van der Waals surface area contributed by atoms with Gasteiger partial charge < -0.3 is 20.4 Å². The van der Waals surface area contributed by atoms with Crippen molar-refractivity contribution in [2.24, 2.45) is 0 Å². The highest BCUT2D eigenvalue weighted by molar-refractivity contribution is 7.13. The molecule has 0 radical (unpaired) electrons. The second-order valence-corrected chi connectivity index (χ2v) is 7.23. The van der Waals surface area contributed by atoms with E-state index in [1.807, 2.05) is 29.6 Å². The lowest BCUT2D eigenvalue weighted by molar-refractivity contribution is -0.115. The minimum atomic E-state index is -0.339. The normalized spacial score (nSPS) is 10.4. The molecule has 0 fully saturated rings. The lowest BCUT2D eigenvalue weighted by Gasteiger charge is -2.09. The standard InChI is InChI=1S/C22H18N4O3S/c27-20(13-18-14-30-21(24-18)19-7-4-12-29-19)23-16-8-10-17(11-9-16)26-22(28)25-15-5-2-1-3-6-15/h1-12,14H,13H2,(H,23,27)(H2,25,26,28). The molecule has 2 aromatic heterocycles. The average molecular weight is 418 g/mol.